The summed E-state index contributed by atoms with van der Waals surface area (Å²) in [6, 6.07) is 15.3. The van der Waals surface area contributed by atoms with Crippen molar-refractivity contribution in [2.75, 3.05) is 33.8 Å². The summed E-state index contributed by atoms with van der Waals surface area (Å²) in [6.45, 7) is 0.310. The molecule has 0 radical (unpaired) electrons. The van der Waals surface area contributed by atoms with Gasteiger partial charge in [0.1, 0.15) is 23.8 Å². The molecule has 36 heavy (non-hydrogen) atoms. The van der Waals surface area contributed by atoms with Crippen LogP contribution >= 0.6 is 11.3 Å². The first-order valence-corrected chi connectivity index (χ1v) is 11.8. The van der Waals surface area contributed by atoms with Gasteiger partial charge in [-0.3, -0.25) is 0 Å². The Balaban J connectivity index is 1.48. The van der Waals surface area contributed by atoms with E-state index in [0.29, 0.717) is 52.4 Å². The Morgan fingerprint density at radius 3 is 2.22 bits per heavy atom. The zero-order valence-electron chi connectivity index (χ0n) is 20.2. The number of benzene rings is 3. The first-order valence-electron chi connectivity index (χ1n) is 11.0. The summed E-state index contributed by atoms with van der Waals surface area (Å²) in [6.07, 6.45) is 1.49. The minimum Gasteiger partial charge on any atom is -0.493 e. The Kier molecular flexibility index (Phi) is 6.59. The van der Waals surface area contributed by atoms with Crippen molar-refractivity contribution in [3.63, 3.8) is 0 Å². The number of nitrogens with one attached hydrogen (secondary N) is 1. The number of fused-ring (bicyclic) bond motifs is 2. The molecule has 0 fully saturated rings. The first-order chi connectivity index (χ1) is 17.6. The average molecular weight is 505 g/mol. The van der Waals surface area contributed by atoms with Gasteiger partial charge >= 0.3 is 0 Å². The molecule has 0 saturated carbocycles. The molecule has 2 heterocycles. The van der Waals surface area contributed by atoms with Crippen LogP contribution in [0.1, 0.15) is 5.01 Å². The maximum Gasteiger partial charge on any atom is 0.203 e. The summed E-state index contributed by atoms with van der Waals surface area (Å²) in [4.78, 5) is 13.5. The van der Waals surface area contributed by atoms with Crippen molar-refractivity contribution in [1.29, 1.82) is 0 Å². The molecule has 0 aliphatic heterocycles. The van der Waals surface area contributed by atoms with E-state index in [1.54, 1.807) is 39.8 Å². The SMILES string of the molecule is COc1cc2ncnc(Nc3cc(OC)c(OC)c(OC)c3)c2cc1OCc1nc2ccccc2s1. The van der Waals surface area contributed by atoms with Crippen LogP contribution in [0.15, 0.2) is 54.9 Å². The minimum absolute atomic E-state index is 0.310. The van der Waals surface area contributed by atoms with Crippen molar-refractivity contribution >= 4 is 44.0 Å². The van der Waals surface area contributed by atoms with Gasteiger partial charge in [-0.1, -0.05) is 12.1 Å². The number of ether oxygens (including phenoxy) is 5. The minimum atomic E-state index is 0.310. The molecular weight excluding hydrogens is 480 g/mol. The molecule has 0 aliphatic carbocycles. The predicted molar refractivity (Wildman–Crippen MR) is 139 cm³/mol. The summed E-state index contributed by atoms with van der Waals surface area (Å²) in [5.74, 6) is 3.28. The highest BCUT2D eigenvalue weighted by molar-refractivity contribution is 7.18. The summed E-state index contributed by atoms with van der Waals surface area (Å²) in [5.41, 5.74) is 2.36. The lowest BCUT2D eigenvalue weighted by molar-refractivity contribution is 0.285. The molecule has 0 spiro atoms. The van der Waals surface area contributed by atoms with Crippen molar-refractivity contribution in [2.24, 2.45) is 0 Å². The van der Waals surface area contributed by atoms with Crippen molar-refractivity contribution in [1.82, 2.24) is 15.0 Å². The van der Waals surface area contributed by atoms with Gasteiger partial charge in [0.25, 0.3) is 0 Å². The van der Waals surface area contributed by atoms with Gasteiger partial charge in [0, 0.05) is 29.3 Å². The highest BCUT2D eigenvalue weighted by Crippen LogP contribution is 2.41. The molecule has 0 amide bonds. The van der Waals surface area contributed by atoms with Gasteiger partial charge in [0.2, 0.25) is 5.75 Å². The van der Waals surface area contributed by atoms with Crippen LogP contribution in [0.4, 0.5) is 11.5 Å². The molecule has 1 N–H and O–H groups in total. The van der Waals surface area contributed by atoms with E-state index in [9.17, 15) is 0 Å². The summed E-state index contributed by atoms with van der Waals surface area (Å²) in [7, 11) is 6.31. The van der Waals surface area contributed by atoms with Gasteiger partial charge in [-0.15, -0.1) is 11.3 Å². The van der Waals surface area contributed by atoms with E-state index in [4.69, 9.17) is 23.7 Å². The number of hydrogen-bond acceptors (Lipinski definition) is 10. The molecule has 3 aromatic carbocycles. The summed E-state index contributed by atoms with van der Waals surface area (Å²) < 4.78 is 29.2. The molecule has 0 unspecified atom stereocenters. The molecule has 5 aromatic rings. The van der Waals surface area contributed by atoms with Gasteiger partial charge in [0.05, 0.1) is 44.2 Å². The maximum atomic E-state index is 6.14. The second-order valence-electron chi connectivity index (χ2n) is 7.65. The summed E-state index contributed by atoms with van der Waals surface area (Å²) >= 11 is 1.60. The lowest BCUT2D eigenvalue weighted by Gasteiger charge is -2.16. The molecule has 0 aliphatic rings. The Labute approximate surface area is 211 Å². The highest BCUT2D eigenvalue weighted by Gasteiger charge is 2.16. The van der Waals surface area contributed by atoms with Crippen LogP contribution in [0.25, 0.3) is 21.1 Å². The topological polar surface area (TPSA) is 96.9 Å². The molecule has 9 nitrogen and oxygen atoms in total. The van der Waals surface area contributed by atoms with Gasteiger partial charge < -0.3 is 29.0 Å². The highest BCUT2D eigenvalue weighted by atomic mass is 32.1. The van der Waals surface area contributed by atoms with E-state index >= 15 is 0 Å². The van der Waals surface area contributed by atoms with E-state index < -0.39 is 0 Å². The van der Waals surface area contributed by atoms with Crippen molar-refractivity contribution in [2.45, 2.75) is 6.61 Å². The molecule has 0 saturated heterocycles. The van der Waals surface area contributed by atoms with Crippen molar-refractivity contribution in [3.8, 4) is 28.7 Å². The zero-order valence-corrected chi connectivity index (χ0v) is 21.0. The number of thiazole rings is 1. The number of anilines is 2. The van der Waals surface area contributed by atoms with Crippen molar-refractivity contribution in [3.05, 3.63) is 59.9 Å². The fraction of sp³-hybridized carbons (Fsp3) is 0.192. The number of aromatic nitrogens is 3. The predicted octanol–water partition coefficient (Wildman–Crippen LogP) is 5.60. The molecular formula is C26H24N4O5S. The van der Waals surface area contributed by atoms with E-state index in [0.717, 1.165) is 20.6 Å². The lowest BCUT2D eigenvalue weighted by atomic mass is 10.2. The summed E-state index contributed by atoms with van der Waals surface area (Å²) in [5, 5.41) is 4.96. The Morgan fingerprint density at radius 2 is 1.53 bits per heavy atom. The third-order valence-electron chi connectivity index (χ3n) is 5.54. The monoisotopic (exact) mass is 504 g/mol. The molecule has 184 valence electrons. The number of para-hydroxylation sites is 1. The number of rotatable bonds is 9. The number of nitrogens with zero attached hydrogens (tertiary/aromatic N) is 3. The Morgan fingerprint density at radius 1 is 0.778 bits per heavy atom. The van der Waals surface area contributed by atoms with Crippen LogP contribution in [-0.2, 0) is 6.61 Å². The second kappa shape index (κ2) is 10.1. The molecule has 5 rings (SSSR count). The van der Waals surface area contributed by atoms with Crippen LogP contribution in [-0.4, -0.2) is 43.4 Å². The third-order valence-corrected chi connectivity index (χ3v) is 6.55. The van der Waals surface area contributed by atoms with E-state index in [2.05, 4.69) is 20.3 Å². The quantitative estimate of drug-likeness (QED) is 0.275. The molecule has 2 aromatic heterocycles. The van der Waals surface area contributed by atoms with Gasteiger partial charge in [0.15, 0.2) is 23.0 Å². The van der Waals surface area contributed by atoms with Gasteiger partial charge in [-0.05, 0) is 18.2 Å². The largest absolute Gasteiger partial charge is 0.493 e. The van der Waals surface area contributed by atoms with Gasteiger partial charge in [-0.25, -0.2) is 15.0 Å². The number of hydrogen-bond donors (Lipinski definition) is 1. The zero-order chi connectivity index (χ0) is 25.1. The first kappa shape index (κ1) is 23.4. The standard InChI is InChI=1S/C26H24N4O5S/c1-31-19-12-18-16(11-20(19)35-13-24-30-17-7-5-6-8-23(17)36-24)26(28-14-27-18)29-15-9-21(32-2)25(34-4)22(10-15)33-3/h5-12,14H,13H2,1-4H3,(H,27,28,29). The van der Waals surface area contributed by atoms with E-state index in [-0.39, 0.29) is 0 Å². The third kappa shape index (κ3) is 4.50. The van der Waals surface area contributed by atoms with Gasteiger partial charge in [-0.2, -0.15) is 0 Å². The van der Waals surface area contributed by atoms with Crippen LogP contribution in [0.5, 0.6) is 28.7 Å². The number of methoxy groups -OCH3 is 4. The van der Waals surface area contributed by atoms with Crippen LogP contribution in [0.3, 0.4) is 0 Å². The van der Waals surface area contributed by atoms with Crippen LogP contribution < -0.4 is 29.0 Å². The molecule has 10 heteroatoms. The normalized spacial score (nSPS) is 10.9. The smallest absolute Gasteiger partial charge is 0.203 e. The average Bonchev–Trinajstić information content (AvgIpc) is 3.34. The van der Waals surface area contributed by atoms with Crippen molar-refractivity contribution < 1.29 is 23.7 Å². The fourth-order valence-electron chi connectivity index (χ4n) is 3.85. The Bertz CT molecular complexity index is 1480. The Hall–Kier alpha value is -4.31. The van der Waals surface area contributed by atoms with Crippen LogP contribution in [0.2, 0.25) is 0 Å². The van der Waals surface area contributed by atoms with Crippen LogP contribution in [0, 0.1) is 0 Å². The van der Waals surface area contributed by atoms with E-state index in [1.807, 2.05) is 48.5 Å². The maximum absolute atomic E-state index is 6.14. The van der Waals surface area contributed by atoms with E-state index in [1.165, 1.54) is 6.33 Å². The fourth-order valence-corrected chi connectivity index (χ4v) is 4.73. The molecule has 0 bridgehead atoms. The second-order valence-corrected chi connectivity index (χ2v) is 8.76. The molecule has 0 atom stereocenters. The lowest BCUT2D eigenvalue weighted by Crippen LogP contribution is -2.01.